The van der Waals surface area contributed by atoms with E-state index in [1.165, 1.54) is 30.5 Å². The van der Waals surface area contributed by atoms with E-state index in [4.69, 9.17) is 11.6 Å². The number of hydrogen-bond acceptors (Lipinski definition) is 3. The maximum atomic E-state index is 13.0. The molecule has 0 saturated carbocycles. The number of nitrogens with zero attached hydrogens (tertiary/aromatic N) is 1. The van der Waals surface area contributed by atoms with Crippen molar-refractivity contribution in [3.63, 3.8) is 0 Å². The van der Waals surface area contributed by atoms with E-state index in [0.29, 0.717) is 3.57 Å². The third-order valence-corrected chi connectivity index (χ3v) is 4.93. The van der Waals surface area contributed by atoms with E-state index in [-0.39, 0.29) is 15.6 Å². The molecule has 1 aromatic heterocycles. The fourth-order valence-electron chi connectivity index (χ4n) is 1.33. The number of anilines is 1. The van der Waals surface area contributed by atoms with Crippen LogP contribution in [0.5, 0.6) is 0 Å². The maximum Gasteiger partial charge on any atom is 0.264 e. The summed E-state index contributed by atoms with van der Waals surface area (Å²) in [5.41, 5.74) is 0.280. The SMILES string of the molecule is O=S(=O)(Nc1ccc(F)cc1I)c1cnccc1Cl. The van der Waals surface area contributed by atoms with Crippen LogP contribution in [0, 0.1) is 9.39 Å². The number of rotatable bonds is 3. The minimum atomic E-state index is -3.85. The summed E-state index contributed by atoms with van der Waals surface area (Å²) in [6.07, 6.45) is 2.55. The van der Waals surface area contributed by atoms with Crippen LogP contribution in [-0.4, -0.2) is 13.4 Å². The fourth-order valence-corrected chi connectivity index (χ4v) is 3.64. The number of benzene rings is 1. The Morgan fingerprint density at radius 1 is 1.32 bits per heavy atom. The first-order chi connectivity index (χ1) is 8.90. The molecule has 2 rings (SSSR count). The average Bonchev–Trinajstić information content (AvgIpc) is 2.33. The summed E-state index contributed by atoms with van der Waals surface area (Å²) in [7, 11) is -3.85. The van der Waals surface area contributed by atoms with Crippen molar-refractivity contribution in [1.29, 1.82) is 0 Å². The summed E-state index contributed by atoms with van der Waals surface area (Å²) in [4.78, 5) is 3.60. The molecule has 1 N–H and O–H groups in total. The van der Waals surface area contributed by atoms with Crippen LogP contribution in [0.1, 0.15) is 0 Å². The summed E-state index contributed by atoms with van der Waals surface area (Å²) in [5, 5.41) is 0.0691. The predicted molar refractivity (Wildman–Crippen MR) is 79.2 cm³/mol. The molecule has 1 heterocycles. The van der Waals surface area contributed by atoms with Crippen LogP contribution in [-0.2, 0) is 10.0 Å². The molecule has 0 saturated heterocycles. The molecule has 19 heavy (non-hydrogen) atoms. The molecular formula is C11H7ClFIN2O2S. The van der Waals surface area contributed by atoms with E-state index in [1.54, 1.807) is 0 Å². The van der Waals surface area contributed by atoms with Crippen LogP contribution in [0.3, 0.4) is 0 Å². The molecule has 4 nitrogen and oxygen atoms in total. The molecule has 100 valence electrons. The zero-order valence-electron chi connectivity index (χ0n) is 9.27. The summed E-state index contributed by atoms with van der Waals surface area (Å²) >= 11 is 7.66. The third kappa shape index (κ3) is 3.34. The van der Waals surface area contributed by atoms with Crippen molar-refractivity contribution >= 4 is 49.9 Å². The molecule has 0 aliphatic carbocycles. The zero-order chi connectivity index (χ0) is 14.0. The molecule has 2 aromatic rings. The lowest BCUT2D eigenvalue weighted by atomic mass is 10.3. The highest BCUT2D eigenvalue weighted by atomic mass is 127. The van der Waals surface area contributed by atoms with Crippen molar-refractivity contribution in [2.45, 2.75) is 4.90 Å². The Hall–Kier alpha value is -0.930. The number of nitrogens with one attached hydrogen (secondary N) is 1. The van der Waals surface area contributed by atoms with Gasteiger partial charge in [-0.3, -0.25) is 9.71 Å². The Kier molecular flexibility index (Phi) is 4.26. The molecule has 0 bridgehead atoms. The van der Waals surface area contributed by atoms with Gasteiger partial charge in [-0.25, -0.2) is 12.8 Å². The van der Waals surface area contributed by atoms with Gasteiger partial charge in [-0.1, -0.05) is 11.6 Å². The molecule has 0 spiro atoms. The second kappa shape index (κ2) is 5.59. The second-order valence-corrected chi connectivity index (χ2v) is 6.76. The van der Waals surface area contributed by atoms with E-state index in [1.807, 2.05) is 22.6 Å². The standard InChI is InChI=1S/C11H7ClFIN2O2S/c12-8-3-4-15-6-11(8)19(17,18)16-10-2-1-7(13)5-9(10)14/h1-6,16H. The van der Waals surface area contributed by atoms with Crippen LogP contribution < -0.4 is 4.72 Å². The topological polar surface area (TPSA) is 59.1 Å². The van der Waals surface area contributed by atoms with Crippen molar-refractivity contribution in [3.8, 4) is 0 Å². The molecule has 0 atom stereocenters. The van der Waals surface area contributed by atoms with Gasteiger partial charge < -0.3 is 0 Å². The van der Waals surface area contributed by atoms with Crippen LogP contribution in [0.4, 0.5) is 10.1 Å². The Morgan fingerprint density at radius 2 is 2.05 bits per heavy atom. The molecule has 8 heteroatoms. The van der Waals surface area contributed by atoms with Gasteiger partial charge in [-0.15, -0.1) is 0 Å². The van der Waals surface area contributed by atoms with E-state index in [9.17, 15) is 12.8 Å². The average molecular weight is 413 g/mol. The van der Waals surface area contributed by atoms with Gasteiger partial charge in [0, 0.05) is 16.0 Å². The van der Waals surface area contributed by atoms with E-state index in [2.05, 4.69) is 9.71 Å². The second-order valence-electron chi connectivity index (χ2n) is 3.54. The van der Waals surface area contributed by atoms with E-state index in [0.717, 1.165) is 6.20 Å². The first-order valence-corrected chi connectivity index (χ1v) is 7.91. The first-order valence-electron chi connectivity index (χ1n) is 4.97. The quantitative estimate of drug-likeness (QED) is 0.787. The Bertz CT molecular complexity index is 724. The number of halogens is 3. The number of sulfonamides is 1. The number of pyridine rings is 1. The van der Waals surface area contributed by atoms with Crippen LogP contribution in [0.15, 0.2) is 41.6 Å². The molecule has 0 radical (unpaired) electrons. The van der Waals surface area contributed by atoms with Crippen LogP contribution in [0.2, 0.25) is 5.02 Å². The molecule has 1 aromatic carbocycles. The Labute approximate surface area is 128 Å². The van der Waals surface area contributed by atoms with Gasteiger partial charge >= 0.3 is 0 Å². The highest BCUT2D eigenvalue weighted by Gasteiger charge is 2.19. The smallest absolute Gasteiger partial charge is 0.264 e. The molecular weight excluding hydrogens is 406 g/mol. The highest BCUT2D eigenvalue weighted by Crippen LogP contribution is 2.25. The minimum Gasteiger partial charge on any atom is -0.278 e. The third-order valence-electron chi connectivity index (χ3n) is 2.20. The van der Waals surface area contributed by atoms with Gasteiger partial charge in [0.05, 0.1) is 10.7 Å². The van der Waals surface area contributed by atoms with Crippen LogP contribution in [0.25, 0.3) is 0 Å². The van der Waals surface area contributed by atoms with Gasteiger partial charge in [0.1, 0.15) is 10.7 Å². The number of aromatic nitrogens is 1. The van der Waals surface area contributed by atoms with Gasteiger partial charge in [0.25, 0.3) is 10.0 Å². The molecule has 0 aliphatic heterocycles. The Balaban J connectivity index is 2.40. The zero-order valence-corrected chi connectivity index (χ0v) is 13.0. The minimum absolute atomic E-state index is 0.0691. The summed E-state index contributed by atoms with van der Waals surface area (Å²) < 4.78 is 40.0. The van der Waals surface area contributed by atoms with Crippen molar-refractivity contribution in [1.82, 2.24) is 4.98 Å². The lowest BCUT2D eigenvalue weighted by Crippen LogP contribution is -2.14. The maximum absolute atomic E-state index is 13.0. The van der Waals surface area contributed by atoms with Crippen molar-refractivity contribution in [3.05, 3.63) is 51.1 Å². The van der Waals surface area contributed by atoms with Crippen molar-refractivity contribution < 1.29 is 12.8 Å². The normalized spacial score (nSPS) is 11.3. The van der Waals surface area contributed by atoms with Gasteiger partial charge in [0.15, 0.2) is 0 Å². The predicted octanol–water partition coefficient (Wildman–Crippen LogP) is 3.28. The highest BCUT2D eigenvalue weighted by molar-refractivity contribution is 14.1. The molecule has 0 fully saturated rings. The number of hydrogen-bond donors (Lipinski definition) is 1. The molecule has 0 amide bonds. The van der Waals surface area contributed by atoms with Gasteiger partial charge in [-0.2, -0.15) is 0 Å². The van der Waals surface area contributed by atoms with E-state index >= 15 is 0 Å². The van der Waals surface area contributed by atoms with Crippen molar-refractivity contribution in [2.24, 2.45) is 0 Å². The first kappa shape index (κ1) is 14.5. The fraction of sp³-hybridized carbons (Fsp3) is 0. The van der Waals surface area contributed by atoms with Gasteiger partial charge in [0.2, 0.25) is 0 Å². The largest absolute Gasteiger partial charge is 0.278 e. The monoisotopic (exact) mass is 412 g/mol. The van der Waals surface area contributed by atoms with Crippen LogP contribution >= 0.6 is 34.2 Å². The summed E-state index contributed by atoms with van der Waals surface area (Å²) in [6, 6.07) is 5.12. The summed E-state index contributed by atoms with van der Waals surface area (Å²) in [6.45, 7) is 0. The summed E-state index contributed by atoms with van der Waals surface area (Å²) in [5.74, 6) is -0.438. The van der Waals surface area contributed by atoms with Crippen molar-refractivity contribution in [2.75, 3.05) is 4.72 Å². The Morgan fingerprint density at radius 3 is 2.68 bits per heavy atom. The molecule has 0 aliphatic rings. The lowest BCUT2D eigenvalue weighted by molar-refractivity contribution is 0.600. The lowest BCUT2D eigenvalue weighted by Gasteiger charge is -2.10. The molecule has 0 unspecified atom stereocenters. The van der Waals surface area contributed by atoms with Gasteiger partial charge in [-0.05, 0) is 46.9 Å². The van der Waals surface area contributed by atoms with E-state index < -0.39 is 15.8 Å².